The van der Waals surface area contributed by atoms with E-state index in [1.165, 1.54) is 0 Å². The third-order valence-electron chi connectivity index (χ3n) is 5.18. The molecule has 4 heterocycles. The number of likely N-dealkylation sites (N-methyl/N-ethyl adjacent to an activating group) is 1. The lowest BCUT2D eigenvalue weighted by molar-refractivity contribution is -0.0825. The second-order valence-corrected chi connectivity index (χ2v) is 7.02. The number of aliphatic hydroxyl groups is 1. The van der Waals surface area contributed by atoms with Crippen LogP contribution in [0.4, 0.5) is 5.82 Å². The third kappa shape index (κ3) is 2.85. The number of anilines is 1. The molecule has 0 unspecified atom stereocenters. The average molecular weight is 332 g/mol. The molecule has 0 aliphatic carbocycles. The van der Waals surface area contributed by atoms with Crippen molar-refractivity contribution in [2.45, 2.75) is 31.4 Å². The molecule has 0 amide bonds. The first-order valence-electron chi connectivity index (χ1n) is 8.48. The first-order chi connectivity index (χ1) is 11.5. The Morgan fingerprint density at radius 3 is 2.79 bits per heavy atom. The zero-order valence-electron chi connectivity index (χ0n) is 14.2. The molecule has 24 heavy (non-hydrogen) atoms. The molecular weight excluding hydrogens is 308 g/mol. The third-order valence-corrected chi connectivity index (χ3v) is 5.18. The first kappa shape index (κ1) is 15.7. The lowest BCUT2D eigenvalue weighted by Gasteiger charge is -2.47. The molecule has 2 aromatic heterocycles. The van der Waals surface area contributed by atoms with Crippen LogP contribution in [0.5, 0.6) is 0 Å². The largest absolute Gasteiger partial charge is 0.388 e. The van der Waals surface area contributed by atoms with Gasteiger partial charge in [0.1, 0.15) is 5.82 Å². The van der Waals surface area contributed by atoms with Crippen LogP contribution in [0, 0.1) is 6.92 Å². The highest BCUT2D eigenvalue weighted by atomic mass is 16.5. The summed E-state index contributed by atoms with van der Waals surface area (Å²) in [6.07, 6.45) is 1.44. The van der Waals surface area contributed by atoms with E-state index in [1.807, 2.05) is 19.1 Å². The zero-order chi connectivity index (χ0) is 16.7. The Hall–Kier alpha value is -1.77. The smallest absolute Gasteiger partial charge is 0.178 e. The first-order valence-corrected chi connectivity index (χ1v) is 8.48. The fourth-order valence-corrected chi connectivity index (χ4v) is 3.48. The second kappa shape index (κ2) is 5.94. The number of hydrogen-bond acceptors (Lipinski definition) is 7. The minimum absolute atomic E-state index is 0.441. The van der Waals surface area contributed by atoms with Gasteiger partial charge < -0.3 is 14.7 Å². The van der Waals surface area contributed by atoms with E-state index in [-0.39, 0.29) is 0 Å². The van der Waals surface area contributed by atoms with Crippen LogP contribution in [0.15, 0.2) is 12.1 Å². The summed E-state index contributed by atoms with van der Waals surface area (Å²) in [4.78, 5) is 4.51. The average Bonchev–Trinajstić information content (AvgIpc) is 2.87. The lowest BCUT2D eigenvalue weighted by Crippen LogP contribution is -2.61. The summed E-state index contributed by atoms with van der Waals surface area (Å²) in [5.74, 6) is 1.74. The number of rotatable bonds is 4. The molecule has 0 atom stereocenters. The van der Waals surface area contributed by atoms with Crippen LogP contribution in [0.25, 0.3) is 5.65 Å². The van der Waals surface area contributed by atoms with E-state index in [9.17, 15) is 5.11 Å². The van der Waals surface area contributed by atoms with Crippen LogP contribution < -0.4 is 4.90 Å². The molecule has 2 saturated heterocycles. The molecule has 0 bridgehead atoms. The van der Waals surface area contributed by atoms with Crippen LogP contribution in [0.3, 0.4) is 0 Å². The molecule has 2 aromatic rings. The van der Waals surface area contributed by atoms with Gasteiger partial charge in [-0.15, -0.1) is 15.3 Å². The Morgan fingerprint density at radius 2 is 2.04 bits per heavy atom. The van der Waals surface area contributed by atoms with Gasteiger partial charge in [-0.3, -0.25) is 4.90 Å². The molecule has 0 radical (unpaired) electrons. The minimum Gasteiger partial charge on any atom is -0.388 e. The molecule has 0 saturated carbocycles. The number of ether oxygens (including phenoxy) is 1. The summed E-state index contributed by atoms with van der Waals surface area (Å²) < 4.78 is 7.13. The molecule has 2 aliphatic heterocycles. The van der Waals surface area contributed by atoms with Crippen LogP contribution in [-0.2, 0) is 4.74 Å². The van der Waals surface area contributed by atoms with Gasteiger partial charge in [-0.2, -0.15) is 4.52 Å². The summed E-state index contributed by atoms with van der Waals surface area (Å²) >= 11 is 0. The number of hydrogen-bond donors (Lipinski definition) is 1. The van der Waals surface area contributed by atoms with Crippen molar-refractivity contribution in [1.29, 1.82) is 0 Å². The maximum Gasteiger partial charge on any atom is 0.178 e. The van der Waals surface area contributed by atoms with Crippen molar-refractivity contribution in [2.24, 2.45) is 0 Å². The highest BCUT2D eigenvalue weighted by molar-refractivity contribution is 5.47. The van der Waals surface area contributed by atoms with Crippen molar-refractivity contribution in [3.63, 3.8) is 0 Å². The molecular formula is C16H24N6O2. The van der Waals surface area contributed by atoms with E-state index in [1.54, 1.807) is 4.52 Å². The monoisotopic (exact) mass is 332 g/mol. The Labute approximate surface area is 141 Å². The summed E-state index contributed by atoms with van der Waals surface area (Å²) in [6, 6.07) is 4.38. The van der Waals surface area contributed by atoms with E-state index in [4.69, 9.17) is 4.74 Å². The van der Waals surface area contributed by atoms with Gasteiger partial charge in [0.15, 0.2) is 11.5 Å². The van der Waals surface area contributed by atoms with Crippen LogP contribution in [0.2, 0.25) is 0 Å². The van der Waals surface area contributed by atoms with Gasteiger partial charge in [-0.05, 0) is 26.1 Å². The Kier molecular flexibility index (Phi) is 3.90. The maximum atomic E-state index is 10.7. The SMILES string of the molecule is Cc1nnc2ccc(N3CC(N(C)CC4(O)CCOCC4)C3)nn12. The maximum absolute atomic E-state index is 10.7. The summed E-state index contributed by atoms with van der Waals surface area (Å²) in [5.41, 5.74) is 0.164. The van der Waals surface area contributed by atoms with E-state index < -0.39 is 5.60 Å². The molecule has 2 fully saturated rings. The Morgan fingerprint density at radius 1 is 1.29 bits per heavy atom. The van der Waals surface area contributed by atoms with Gasteiger partial charge in [0.2, 0.25) is 0 Å². The fraction of sp³-hybridized carbons (Fsp3) is 0.688. The Balaban J connectivity index is 1.37. The van der Waals surface area contributed by atoms with E-state index in [2.05, 4.69) is 32.1 Å². The predicted molar refractivity (Wildman–Crippen MR) is 89.2 cm³/mol. The quantitative estimate of drug-likeness (QED) is 0.850. The van der Waals surface area contributed by atoms with Crippen LogP contribution in [-0.4, -0.2) is 81.4 Å². The van der Waals surface area contributed by atoms with E-state index in [0.717, 1.165) is 43.2 Å². The standard InChI is InChI=1S/C16H24N6O2/c1-12-17-18-14-3-4-15(19-22(12)14)21-9-13(10-21)20(2)11-16(23)5-7-24-8-6-16/h3-4,13,23H,5-11H2,1-2H3. The van der Waals surface area contributed by atoms with Gasteiger partial charge in [0, 0.05) is 51.7 Å². The van der Waals surface area contributed by atoms with E-state index in [0.29, 0.717) is 25.8 Å². The molecule has 0 aromatic carbocycles. The van der Waals surface area contributed by atoms with E-state index >= 15 is 0 Å². The highest BCUT2D eigenvalue weighted by Gasteiger charge is 2.37. The van der Waals surface area contributed by atoms with Crippen LogP contribution >= 0.6 is 0 Å². The predicted octanol–water partition coefficient (Wildman–Crippen LogP) is 0.0946. The summed E-state index contributed by atoms with van der Waals surface area (Å²) in [5, 5.41) is 23.4. The fourth-order valence-electron chi connectivity index (χ4n) is 3.48. The van der Waals surface area contributed by atoms with Gasteiger partial charge in [-0.25, -0.2) is 0 Å². The summed E-state index contributed by atoms with van der Waals surface area (Å²) in [7, 11) is 2.09. The highest BCUT2D eigenvalue weighted by Crippen LogP contribution is 2.26. The topological polar surface area (TPSA) is 79.0 Å². The van der Waals surface area contributed by atoms with Crippen molar-refractivity contribution in [2.75, 3.05) is 44.8 Å². The second-order valence-electron chi connectivity index (χ2n) is 7.02. The van der Waals surface area contributed by atoms with Gasteiger partial charge >= 0.3 is 0 Å². The van der Waals surface area contributed by atoms with Gasteiger partial charge in [-0.1, -0.05) is 0 Å². The molecule has 4 rings (SSSR count). The molecule has 0 spiro atoms. The molecule has 2 aliphatic rings. The number of fused-ring (bicyclic) bond motifs is 1. The van der Waals surface area contributed by atoms with Crippen molar-refractivity contribution in [1.82, 2.24) is 24.7 Å². The molecule has 1 N–H and O–H groups in total. The molecule has 8 heteroatoms. The van der Waals surface area contributed by atoms with Crippen molar-refractivity contribution in [3.8, 4) is 0 Å². The van der Waals surface area contributed by atoms with Crippen molar-refractivity contribution < 1.29 is 9.84 Å². The van der Waals surface area contributed by atoms with Crippen LogP contribution in [0.1, 0.15) is 18.7 Å². The van der Waals surface area contributed by atoms with Gasteiger partial charge in [0.25, 0.3) is 0 Å². The van der Waals surface area contributed by atoms with Crippen molar-refractivity contribution in [3.05, 3.63) is 18.0 Å². The molecule has 130 valence electrons. The number of nitrogens with zero attached hydrogens (tertiary/aromatic N) is 6. The minimum atomic E-state index is -0.607. The molecule has 8 nitrogen and oxygen atoms in total. The number of aryl methyl sites for hydroxylation is 1. The summed E-state index contributed by atoms with van der Waals surface area (Å²) in [6.45, 7) is 5.75. The Bertz CT molecular complexity index is 720. The van der Waals surface area contributed by atoms with Gasteiger partial charge in [0.05, 0.1) is 5.60 Å². The normalized spacial score (nSPS) is 21.4. The number of aromatic nitrogens is 4. The van der Waals surface area contributed by atoms with Crippen molar-refractivity contribution >= 4 is 11.5 Å². The lowest BCUT2D eigenvalue weighted by atomic mass is 9.92. The zero-order valence-corrected chi connectivity index (χ0v) is 14.2.